The minimum absolute atomic E-state index is 0.0119. The van der Waals surface area contributed by atoms with Crippen LogP contribution < -0.4 is 0 Å². The zero-order chi connectivity index (χ0) is 15.2. The highest BCUT2D eigenvalue weighted by Gasteiger charge is 2.14. The summed E-state index contributed by atoms with van der Waals surface area (Å²) >= 11 is 3.47. The SMILES string of the molecule is C[C@@H](c1ccccc1)N(C)C(=O)/C=C/c1ccccc1Br. The summed E-state index contributed by atoms with van der Waals surface area (Å²) in [6.45, 7) is 2.03. The molecule has 2 nitrogen and oxygen atoms in total. The predicted octanol–water partition coefficient (Wildman–Crippen LogP) is 4.68. The van der Waals surface area contributed by atoms with Gasteiger partial charge in [0, 0.05) is 17.6 Å². The topological polar surface area (TPSA) is 20.3 Å². The Hall–Kier alpha value is -1.87. The Morgan fingerprint density at radius 1 is 1.10 bits per heavy atom. The molecule has 0 aliphatic rings. The highest BCUT2D eigenvalue weighted by atomic mass is 79.9. The Morgan fingerprint density at radius 3 is 2.38 bits per heavy atom. The number of likely N-dealkylation sites (N-methyl/N-ethyl adjacent to an activating group) is 1. The maximum absolute atomic E-state index is 12.3. The van der Waals surface area contributed by atoms with Crippen molar-refractivity contribution < 1.29 is 4.79 Å². The molecule has 108 valence electrons. The van der Waals surface area contributed by atoms with E-state index < -0.39 is 0 Å². The van der Waals surface area contributed by atoms with Crippen LogP contribution in [0.5, 0.6) is 0 Å². The standard InChI is InChI=1S/C18H18BrNO/c1-14(15-8-4-3-5-9-15)20(2)18(21)13-12-16-10-6-7-11-17(16)19/h3-14H,1-2H3/b13-12+/t14-/m0/s1. The lowest BCUT2D eigenvalue weighted by Crippen LogP contribution is -2.27. The summed E-state index contributed by atoms with van der Waals surface area (Å²) < 4.78 is 0.979. The minimum atomic E-state index is -0.0119. The van der Waals surface area contributed by atoms with Crippen LogP contribution in [-0.2, 0) is 4.79 Å². The van der Waals surface area contributed by atoms with Crippen molar-refractivity contribution in [2.75, 3.05) is 7.05 Å². The molecule has 0 fully saturated rings. The molecule has 21 heavy (non-hydrogen) atoms. The van der Waals surface area contributed by atoms with Crippen LogP contribution in [0, 0.1) is 0 Å². The van der Waals surface area contributed by atoms with Crippen LogP contribution in [0.2, 0.25) is 0 Å². The predicted molar refractivity (Wildman–Crippen MR) is 90.8 cm³/mol. The molecule has 0 unspecified atom stereocenters. The van der Waals surface area contributed by atoms with Gasteiger partial charge in [0.15, 0.2) is 0 Å². The average molecular weight is 344 g/mol. The first-order valence-electron chi connectivity index (χ1n) is 6.84. The summed E-state index contributed by atoms with van der Waals surface area (Å²) in [4.78, 5) is 14.0. The number of halogens is 1. The van der Waals surface area contributed by atoms with Crippen LogP contribution >= 0.6 is 15.9 Å². The third-order valence-electron chi connectivity index (χ3n) is 3.52. The van der Waals surface area contributed by atoms with Gasteiger partial charge in [-0.1, -0.05) is 64.5 Å². The number of hydrogen-bond donors (Lipinski definition) is 0. The van der Waals surface area contributed by atoms with Crippen molar-refractivity contribution in [1.82, 2.24) is 4.90 Å². The van der Waals surface area contributed by atoms with E-state index in [1.807, 2.05) is 74.6 Å². The summed E-state index contributed by atoms with van der Waals surface area (Å²) in [5.74, 6) is -0.0119. The Bertz CT molecular complexity index is 637. The Kier molecular flexibility index (Phi) is 5.34. The van der Waals surface area contributed by atoms with Gasteiger partial charge in [-0.05, 0) is 30.2 Å². The van der Waals surface area contributed by atoms with Crippen molar-refractivity contribution in [3.8, 4) is 0 Å². The number of benzene rings is 2. The van der Waals surface area contributed by atoms with E-state index in [0.717, 1.165) is 15.6 Å². The molecule has 1 atom stereocenters. The van der Waals surface area contributed by atoms with Crippen LogP contribution in [0.1, 0.15) is 24.1 Å². The number of hydrogen-bond acceptors (Lipinski definition) is 1. The van der Waals surface area contributed by atoms with E-state index in [2.05, 4.69) is 15.9 Å². The second kappa shape index (κ2) is 7.23. The average Bonchev–Trinajstić information content (AvgIpc) is 2.53. The van der Waals surface area contributed by atoms with Crippen LogP contribution in [0.25, 0.3) is 6.08 Å². The number of nitrogens with zero attached hydrogens (tertiary/aromatic N) is 1. The molecule has 2 rings (SSSR count). The molecule has 0 N–H and O–H groups in total. The minimum Gasteiger partial charge on any atom is -0.335 e. The van der Waals surface area contributed by atoms with Crippen LogP contribution in [0.3, 0.4) is 0 Å². The van der Waals surface area contributed by atoms with Crippen molar-refractivity contribution in [1.29, 1.82) is 0 Å². The van der Waals surface area contributed by atoms with E-state index in [0.29, 0.717) is 0 Å². The van der Waals surface area contributed by atoms with Crippen LogP contribution in [0.4, 0.5) is 0 Å². The summed E-state index contributed by atoms with van der Waals surface area (Å²) in [7, 11) is 1.82. The number of amides is 1. The van der Waals surface area contributed by atoms with E-state index >= 15 is 0 Å². The van der Waals surface area contributed by atoms with Crippen molar-refractivity contribution in [2.45, 2.75) is 13.0 Å². The molecule has 0 bridgehead atoms. The molecule has 2 aromatic carbocycles. The molecule has 1 amide bonds. The summed E-state index contributed by atoms with van der Waals surface area (Å²) in [5.41, 5.74) is 2.12. The lowest BCUT2D eigenvalue weighted by molar-refractivity contribution is -0.126. The fourth-order valence-electron chi connectivity index (χ4n) is 2.03. The molecule has 0 aliphatic carbocycles. The summed E-state index contributed by atoms with van der Waals surface area (Å²) in [5, 5.41) is 0. The maximum atomic E-state index is 12.3. The van der Waals surface area contributed by atoms with Gasteiger partial charge in [-0.2, -0.15) is 0 Å². The van der Waals surface area contributed by atoms with E-state index in [9.17, 15) is 4.79 Å². The van der Waals surface area contributed by atoms with E-state index in [1.54, 1.807) is 11.0 Å². The molecule has 0 saturated carbocycles. The van der Waals surface area contributed by atoms with Gasteiger partial charge in [-0.25, -0.2) is 0 Å². The summed E-state index contributed by atoms with van der Waals surface area (Å²) in [6.07, 6.45) is 3.44. The molecule has 0 heterocycles. The molecular formula is C18H18BrNO. The van der Waals surface area contributed by atoms with Crippen molar-refractivity contribution in [2.24, 2.45) is 0 Å². The van der Waals surface area contributed by atoms with Gasteiger partial charge in [-0.15, -0.1) is 0 Å². The third-order valence-corrected chi connectivity index (χ3v) is 4.24. The van der Waals surface area contributed by atoms with Crippen LogP contribution in [-0.4, -0.2) is 17.9 Å². The monoisotopic (exact) mass is 343 g/mol. The van der Waals surface area contributed by atoms with Gasteiger partial charge in [0.25, 0.3) is 0 Å². The Morgan fingerprint density at radius 2 is 1.71 bits per heavy atom. The Labute approximate surface area is 134 Å². The van der Waals surface area contributed by atoms with Crippen molar-refractivity contribution in [3.63, 3.8) is 0 Å². The number of carbonyl (C=O) groups excluding carboxylic acids is 1. The number of carbonyl (C=O) groups is 1. The molecule has 0 radical (unpaired) electrons. The quantitative estimate of drug-likeness (QED) is 0.738. The zero-order valence-corrected chi connectivity index (χ0v) is 13.7. The summed E-state index contributed by atoms with van der Waals surface area (Å²) in [6, 6.07) is 17.9. The van der Waals surface area contributed by atoms with Gasteiger partial charge in [-0.3, -0.25) is 4.79 Å². The Balaban J connectivity index is 2.08. The second-order valence-corrected chi connectivity index (χ2v) is 5.74. The normalized spacial score (nSPS) is 12.3. The van der Waals surface area contributed by atoms with Gasteiger partial charge >= 0.3 is 0 Å². The van der Waals surface area contributed by atoms with Gasteiger partial charge in [0.2, 0.25) is 5.91 Å². The highest BCUT2D eigenvalue weighted by Crippen LogP contribution is 2.20. The first-order chi connectivity index (χ1) is 10.1. The van der Waals surface area contributed by atoms with Gasteiger partial charge in [0.05, 0.1) is 6.04 Å². The smallest absolute Gasteiger partial charge is 0.246 e. The fraction of sp³-hybridized carbons (Fsp3) is 0.167. The number of rotatable bonds is 4. The van der Waals surface area contributed by atoms with Crippen molar-refractivity contribution >= 4 is 27.9 Å². The molecule has 0 saturated heterocycles. The molecule has 0 aliphatic heterocycles. The second-order valence-electron chi connectivity index (χ2n) is 4.89. The maximum Gasteiger partial charge on any atom is 0.246 e. The molecule has 2 aromatic rings. The van der Waals surface area contributed by atoms with E-state index in [1.165, 1.54) is 0 Å². The third kappa shape index (κ3) is 4.05. The van der Waals surface area contributed by atoms with E-state index in [-0.39, 0.29) is 11.9 Å². The van der Waals surface area contributed by atoms with Gasteiger partial charge in [0.1, 0.15) is 0 Å². The highest BCUT2D eigenvalue weighted by molar-refractivity contribution is 9.10. The molecule has 0 aromatic heterocycles. The van der Waals surface area contributed by atoms with E-state index in [4.69, 9.17) is 0 Å². The fourth-order valence-corrected chi connectivity index (χ4v) is 2.45. The molecular weight excluding hydrogens is 326 g/mol. The van der Waals surface area contributed by atoms with Gasteiger partial charge < -0.3 is 4.90 Å². The van der Waals surface area contributed by atoms with Crippen LogP contribution in [0.15, 0.2) is 65.1 Å². The first-order valence-corrected chi connectivity index (χ1v) is 7.63. The zero-order valence-electron chi connectivity index (χ0n) is 12.2. The lowest BCUT2D eigenvalue weighted by Gasteiger charge is -2.24. The molecule has 0 spiro atoms. The van der Waals surface area contributed by atoms with Crippen molar-refractivity contribution in [3.05, 3.63) is 76.3 Å². The largest absolute Gasteiger partial charge is 0.335 e. The molecule has 3 heteroatoms. The first kappa shape index (κ1) is 15.5. The lowest BCUT2D eigenvalue weighted by atomic mass is 10.1.